The zero-order valence-corrected chi connectivity index (χ0v) is 25.6. The van der Waals surface area contributed by atoms with E-state index in [4.69, 9.17) is 18.9 Å². The number of hydrogen-bond acceptors (Lipinski definition) is 9. The van der Waals surface area contributed by atoms with Gasteiger partial charge in [-0.2, -0.15) is 5.10 Å². The van der Waals surface area contributed by atoms with Gasteiger partial charge in [0.05, 0.1) is 12.8 Å². The number of rotatable bonds is 15. The van der Waals surface area contributed by atoms with Crippen LogP contribution in [-0.4, -0.2) is 67.2 Å². The highest BCUT2D eigenvalue weighted by molar-refractivity contribution is 5.97. The van der Waals surface area contributed by atoms with Crippen LogP contribution in [0.2, 0.25) is 0 Å². The molecule has 12 heteroatoms. The fraction of sp³-hybridized carbons (Fsp3) is 0.303. The summed E-state index contributed by atoms with van der Waals surface area (Å²) in [5, 5.41) is 15.8. The first-order valence-electron chi connectivity index (χ1n) is 14.1. The first-order chi connectivity index (χ1) is 21.4. The molecule has 0 bridgehead atoms. The van der Waals surface area contributed by atoms with E-state index in [2.05, 4.69) is 15.8 Å². The van der Waals surface area contributed by atoms with Crippen LogP contribution in [0.4, 0.5) is 4.79 Å². The Morgan fingerprint density at radius 1 is 0.911 bits per heavy atom. The van der Waals surface area contributed by atoms with E-state index in [1.165, 1.54) is 30.5 Å². The normalized spacial score (nSPS) is 11.8. The number of methoxy groups -OCH3 is 1. The number of carbonyl (C=O) groups is 4. The van der Waals surface area contributed by atoms with Gasteiger partial charge in [0.15, 0.2) is 5.78 Å². The summed E-state index contributed by atoms with van der Waals surface area (Å²) in [7, 11) is 1.60. The minimum Gasteiger partial charge on any atom is -0.491 e. The molecule has 0 saturated carbocycles. The molecule has 12 nitrogen and oxygen atoms in total. The average Bonchev–Trinajstić information content (AvgIpc) is 3.00. The number of carboxylic acid groups (broad SMARTS) is 1. The van der Waals surface area contributed by atoms with Gasteiger partial charge in [0, 0.05) is 24.7 Å². The maximum atomic E-state index is 12.9. The standard InChI is InChI=1S/C33H37N3O9/c1-33(2,3)45-32(41)36-34-21-23-8-13-24(14-9-23)29(38)35-30(31(39)40)44-27-7-5-6-25(20-27)28(37)17-12-22-10-15-26(16-11-22)43-19-18-42-4/h5-11,13-16,20-21,30H,12,17-19H2,1-4H3,(H,35,38)(H,36,41)(H,39,40). The quantitative estimate of drug-likeness (QED) is 0.0725. The van der Waals surface area contributed by atoms with Crippen LogP contribution < -0.4 is 20.2 Å². The third-order valence-corrected chi connectivity index (χ3v) is 5.96. The van der Waals surface area contributed by atoms with Crippen molar-refractivity contribution in [2.45, 2.75) is 45.4 Å². The zero-order chi connectivity index (χ0) is 32.8. The van der Waals surface area contributed by atoms with Gasteiger partial charge in [-0.05, 0) is 74.7 Å². The Kier molecular flexibility index (Phi) is 12.6. The van der Waals surface area contributed by atoms with Gasteiger partial charge in [0.2, 0.25) is 0 Å². The summed E-state index contributed by atoms with van der Waals surface area (Å²) < 4.78 is 21.1. The van der Waals surface area contributed by atoms with Gasteiger partial charge in [-0.1, -0.05) is 36.4 Å². The van der Waals surface area contributed by atoms with E-state index in [0.717, 1.165) is 5.56 Å². The number of aliphatic carboxylic acids is 1. The summed E-state index contributed by atoms with van der Waals surface area (Å²) >= 11 is 0. The topological polar surface area (TPSA) is 162 Å². The number of Topliss-reactive ketones (excluding diaryl/α,β-unsaturated/α-hetero) is 1. The molecule has 0 aliphatic rings. The van der Waals surface area contributed by atoms with Gasteiger partial charge < -0.3 is 29.4 Å². The monoisotopic (exact) mass is 619 g/mol. The van der Waals surface area contributed by atoms with Crippen LogP contribution in [-0.2, 0) is 20.7 Å². The van der Waals surface area contributed by atoms with Gasteiger partial charge in [-0.25, -0.2) is 15.0 Å². The fourth-order valence-electron chi connectivity index (χ4n) is 3.80. The van der Waals surface area contributed by atoms with Crippen LogP contribution in [0.15, 0.2) is 77.9 Å². The summed E-state index contributed by atoms with van der Waals surface area (Å²) in [6.45, 7) is 6.11. The second-order valence-electron chi connectivity index (χ2n) is 10.7. The van der Waals surface area contributed by atoms with E-state index < -0.39 is 29.8 Å². The van der Waals surface area contributed by atoms with Crippen LogP contribution in [0.5, 0.6) is 11.5 Å². The number of hydrogen-bond donors (Lipinski definition) is 3. The van der Waals surface area contributed by atoms with E-state index in [0.29, 0.717) is 36.5 Å². The molecule has 3 rings (SSSR count). The summed E-state index contributed by atoms with van der Waals surface area (Å²) in [4.78, 5) is 49.2. The molecule has 45 heavy (non-hydrogen) atoms. The van der Waals surface area contributed by atoms with Crippen molar-refractivity contribution in [2.24, 2.45) is 5.10 Å². The van der Waals surface area contributed by atoms with E-state index in [9.17, 15) is 24.3 Å². The largest absolute Gasteiger partial charge is 0.491 e. The van der Waals surface area contributed by atoms with E-state index in [1.54, 1.807) is 52.1 Å². The fourth-order valence-corrected chi connectivity index (χ4v) is 3.80. The molecule has 0 saturated heterocycles. The number of carbonyl (C=O) groups excluding carboxylic acids is 3. The molecule has 0 aromatic heterocycles. The lowest BCUT2D eigenvalue weighted by Crippen LogP contribution is -2.45. The molecule has 0 aliphatic carbocycles. The summed E-state index contributed by atoms with van der Waals surface area (Å²) in [5.74, 6) is -1.45. The number of amides is 2. The Morgan fingerprint density at radius 3 is 2.27 bits per heavy atom. The first kappa shape index (κ1) is 34.3. The molecule has 0 spiro atoms. The molecule has 238 valence electrons. The van der Waals surface area contributed by atoms with Crippen molar-refractivity contribution in [3.63, 3.8) is 0 Å². The van der Waals surface area contributed by atoms with Crippen molar-refractivity contribution < 1.29 is 43.2 Å². The molecule has 0 aliphatic heterocycles. The van der Waals surface area contributed by atoms with Gasteiger partial charge in [0.1, 0.15) is 23.7 Å². The number of ether oxygens (including phenoxy) is 4. The van der Waals surface area contributed by atoms with Crippen LogP contribution in [0.1, 0.15) is 59.0 Å². The Balaban J connectivity index is 1.54. The van der Waals surface area contributed by atoms with E-state index in [-0.39, 0.29) is 23.5 Å². The lowest BCUT2D eigenvalue weighted by Gasteiger charge is -2.18. The smallest absolute Gasteiger partial charge is 0.428 e. The van der Waals surface area contributed by atoms with Gasteiger partial charge in [0.25, 0.3) is 12.1 Å². The number of aryl methyl sites for hydroxylation is 1. The predicted octanol–water partition coefficient (Wildman–Crippen LogP) is 4.61. The molecular formula is C33H37N3O9. The number of ketones is 1. The Bertz CT molecular complexity index is 1480. The number of carboxylic acids is 1. The molecule has 3 aromatic rings. The third kappa shape index (κ3) is 12.1. The molecule has 3 aromatic carbocycles. The third-order valence-electron chi connectivity index (χ3n) is 5.96. The van der Waals surface area contributed by atoms with Crippen LogP contribution >= 0.6 is 0 Å². The first-order valence-corrected chi connectivity index (χ1v) is 14.1. The maximum Gasteiger partial charge on any atom is 0.428 e. The van der Waals surface area contributed by atoms with Crippen molar-refractivity contribution in [2.75, 3.05) is 20.3 Å². The molecule has 0 heterocycles. The van der Waals surface area contributed by atoms with Crippen molar-refractivity contribution in [3.8, 4) is 11.5 Å². The van der Waals surface area contributed by atoms with Crippen molar-refractivity contribution >= 4 is 30.0 Å². The number of hydrazone groups is 1. The molecular weight excluding hydrogens is 582 g/mol. The molecule has 3 N–H and O–H groups in total. The average molecular weight is 620 g/mol. The highest BCUT2D eigenvalue weighted by Crippen LogP contribution is 2.19. The Morgan fingerprint density at radius 2 is 1.62 bits per heavy atom. The summed E-state index contributed by atoms with van der Waals surface area (Å²) in [5.41, 5.74) is 3.62. The summed E-state index contributed by atoms with van der Waals surface area (Å²) in [6.07, 6.45) is -0.340. The van der Waals surface area contributed by atoms with E-state index in [1.807, 2.05) is 24.3 Å². The van der Waals surface area contributed by atoms with Crippen LogP contribution in [0.25, 0.3) is 0 Å². The van der Waals surface area contributed by atoms with Crippen molar-refractivity contribution in [3.05, 3.63) is 95.1 Å². The van der Waals surface area contributed by atoms with Crippen LogP contribution in [0, 0.1) is 0 Å². The van der Waals surface area contributed by atoms with Gasteiger partial charge in [-0.3, -0.25) is 9.59 Å². The molecule has 0 fully saturated rings. The molecule has 2 amide bonds. The lowest BCUT2D eigenvalue weighted by molar-refractivity contribution is -0.146. The number of benzene rings is 3. The molecule has 1 unspecified atom stereocenters. The van der Waals surface area contributed by atoms with Crippen molar-refractivity contribution in [1.29, 1.82) is 0 Å². The second-order valence-corrected chi connectivity index (χ2v) is 10.7. The molecule has 1 atom stereocenters. The highest BCUT2D eigenvalue weighted by atomic mass is 16.6. The van der Waals surface area contributed by atoms with Crippen molar-refractivity contribution in [1.82, 2.24) is 10.7 Å². The van der Waals surface area contributed by atoms with Gasteiger partial charge in [-0.15, -0.1) is 0 Å². The van der Waals surface area contributed by atoms with Gasteiger partial charge >= 0.3 is 12.1 Å². The Hall–Kier alpha value is -5.23. The lowest BCUT2D eigenvalue weighted by atomic mass is 10.0. The highest BCUT2D eigenvalue weighted by Gasteiger charge is 2.23. The Labute approximate surface area is 261 Å². The minimum absolute atomic E-state index is 0.107. The SMILES string of the molecule is COCCOc1ccc(CCC(=O)c2cccc(OC(NC(=O)c3ccc(C=NNC(=O)OC(C)(C)C)cc3)C(=O)O)c2)cc1. The second kappa shape index (κ2) is 16.6. The summed E-state index contributed by atoms with van der Waals surface area (Å²) in [6, 6.07) is 19.6. The number of nitrogens with one attached hydrogen (secondary N) is 2. The zero-order valence-electron chi connectivity index (χ0n) is 25.6. The molecule has 0 radical (unpaired) electrons. The van der Waals surface area contributed by atoms with E-state index >= 15 is 0 Å². The predicted molar refractivity (Wildman–Crippen MR) is 166 cm³/mol. The van der Waals surface area contributed by atoms with Crippen LogP contribution in [0.3, 0.4) is 0 Å². The minimum atomic E-state index is -1.72. The maximum absolute atomic E-state index is 12.9. The number of nitrogens with zero attached hydrogens (tertiary/aromatic N) is 1.